The molecule has 0 saturated heterocycles. The largest absolute Gasteiger partial charge is 0.385 e. The van der Waals surface area contributed by atoms with Crippen LogP contribution in [-0.4, -0.2) is 45.2 Å². The molecule has 1 amide bonds. The Morgan fingerprint density at radius 1 is 1.19 bits per heavy atom. The van der Waals surface area contributed by atoms with Crippen LogP contribution in [0, 0.1) is 5.41 Å². The van der Waals surface area contributed by atoms with E-state index in [1.165, 1.54) is 25.7 Å². The second-order valence-electron chi connectivity index (χ2n) is 6.91. The maximum Gasteiger partial charge on any atom is 0.246 e. The van der Waals surface area contributed by atoms with Gasteiger partial charge in [0.15, 0.2) is 5.96 Å². The summed E-state index contributed by atoms with van der Waals surface area (Å²) in [5.74, 6) is 0.572. The first-order valence-corrected chi connectivity index (χ1v) is 9.53. The Morgan fingerprint density at radius 3 is 2.58 bits per heavy atom. The van der Waals surface area contributed by atoms with Gasteiger partial charge in [0.25, 0.3) is 0 Å². The quantitative estimate of drug-likeness (QED) is 0.468. The first kappa shape index (κ1) is 20.2. The van der Waals surface area contributed by atoms with Crippen LogP contribution < -0.4 is 16.0 Å². The third-order valence-electron chi connectivity index (χ3n) is 4.91. The number of aliphatic imine (C=N–C) groups is 1. The van der Waals surface area contributed by atoms with Crippen LogP contribution in [0.15, 0.2) is 35.3 Å². The standard InChI is InChI=1S/C20H32N4O2/c1-3-21-19(22-15-18(25)24-17-9-5-4-6-10-17)23-16-20(13-14-26-2)11-7-8-12-20/h4-6,9-10H,3,7-8,11-16H2,1-2H3,(H,24,25)(H2,21,22,23). The molecule has 0 heterocycles. The van der Waals surface area contributed by atoms with Crippen molar-refractivity contribution in [1.29, 1.82) is 0 Å². The average molecular weight is 361 g/mol. The summed E-state index contributed by atoms with van der Waals surface area (Å²) in [6, 6.07) is 9.44. The molecule has 0 aromatic heterocycles. The van der Waals surface area contributed by atoms with Gasteiger partial charge in [0.2, 0.25) is 5.91 Å². The lowest BCUT2D eigenvalue weighted by molar-refractivity contribution is -0.114. The smallest absolute Gasteiger partial charge is 0.246 e. The number of carbonyl (C=O) groups excluding carboxylic acids is 1. The zero-order chi connectivity index (χ0) is 18.7. The second kappa shape index (κ2) is 10.8. The average Bonchev–Trinajstić information content (AvgIpc) is 3.12. The fraction of sp³-hybridized carbons (Fsp3) is 0.600. The highest BCUT2D eigenvalue weighted by atomic mass is 16.5. The second-order valence-corrected chi connectivity index (χ2v) is 6.91. The predicted molar refractivity (Wildman–Crippen MR) is 106 cm³/mol. The number of nitrogens with one attached hydrogen (secondary N) is 3. The molecule has 0 unspecified atom stereocenters. The van der Waals surface area contributed by atoms with Crippen molar-refractivity contribution < 1.29 is 9.53 Å². The number of ether oxygens (including phenoxy) is 1. The first-order valence-electron chi connectivity index (χ1n) is 9.53. The number of benzene rings is 1. The van der Waals surface area contributed by atoms with E-state index in [-0.39, 0.29) is 17.9 Å². The molecule has 2 rings (SSSR count). The summed E-state index contributed by atoms with van der Waals surface area (Å²) in [6.07, 6.45) is 6.05. The molecular weight excluding hydrogens is 328 g/mol. The van der Waals surface area contributed by atoms with Crippen LogP contribution in [0.2, 0.25) is 0 Å². The number of hydrogen-bond donors (Lipinski definition) is 3. The Kier molecular flexibility index (Phi) is 8.41. The Balaban J connectivity index is 1.88. The normalized spacial score (nSPS) is 16.3. The van der Waals surface area contributed by atoms with Crippen LogP contribution in [0.1, 0.15) is 39.0 Å². The number of carbonyl (C=O) groups is 1. The van der Waals surface area contributed by atoms with Gasteiger partial charge in [0, 0.05) is 32.5 Å². The molecule has 0 spiro atoms. The molecule has 0 aliphatic heterocycles. The van der Waals surface area contributed by atoms with E-state index in [4.69, 9.17) is 4.74 Å². The molecule has 1 saturated carbocycles. The number of amides is 1. The molecule has 26 heavy (non-hydrogen) atoms. The van der Waals surface area contributed by atoms with E-state index >= 15 is 0 Å². The monoisotopic (exact) mass is 360 g/mol. The van der Waals surface area contributed by atoms with Gasteiger partial charge in [-0.1, -0.05) is 31.0 Å². The molecule has 6 heteroatoms. The van der Waals surface area contributed by atoms with E-state index in [1.807, 2.05) is 37.3 Å². The van der Waals surface area contributed by atoms with Crippen LogP contribution in [0.4, 0.5) is 5.69 Å². The maximum absolute atomic E-state index is 12.1. The number of nitrogens with zero attached hydrogens (tertiary/aromatic N) is 1. The molecular formula is C20H32N4O2. The number of rotatable bonds is 9. The van der Waals surface area contributed by atoms with Crippen LogP contribution in [0.3, 0.4) is 0 Å². The van der Waals surface area contributed by atoms with Crippen LogP contribution in [0.25, 0.3) is 0 Å². The van der Waals surface area contributed by atoms with E-state index in [9.17, 15) is 4.79 Å². The summed E-state index contributed by atoms with van der Waals surface area (Å²) in [5, 5.41) is 9.52. The predicted octanol–water partition coefficient (Wildman–Crippen LogP) is 2.78. The van der Waals surface area contributed by atoms with Crippen molar-refractivity contribution in [2.75, 3.05) is 38.7 Å². The Labute approximate surface area is 156 Å². The molecule has 1 aromatic carbocycles. The van der Waals surface area contributed by atoms with E-state index in [0.29, 0.717) is 5.96 Å². The van der Waals surface area contributed by atoms with E-state index in [1.54, 1.807) is 7.11 Å². The number of methoxy groups -OCH3 is 1. The SMILES string of the molecule is CCNC(=NCC(=O)Nc1ccccc1)NCC1(CCOC)CCCC1. The van der Waals surface area contributed by atoms with Gasteiger partial charge in [-0.25, -0.2) is 4.99 Å². The van der Waals surface area contributed by atoms with E-state index in [0.717, 1.165) is 31.8 Å². The van der Waals surface area contributed by atoms with Gasteiger partial charge in [0.1, 0.15) is 6.54 Å². The summed E-state index contributed by atoms with van der Waals surface area (Å²) in [7, 11) is 1.76. The molecule has 1 fully saturated rings. The zero-order valence-electron chi connectivity index (χ0n) is 16.0. The minimum absolute atomic E-state index is 0.0926. The highest BCUT2D eigenvalue weighted by Crippen LogP contribution is 2.40. The van der Waals surface area contributed by atoms with Crippen molar-refractivity contribution >= 4 is 17.6 Å². The number of hydrogen-bond acceptors (Lipinski definition) is 3. The number of guanidine groups is 1. The summed E-state index contributed by atoms with van der Waals surface area (Å²) < 4.78 is 5.29. The fourth-order valence-corrected chi connectivity index (χ4v) is 3.44. The minimum atomic E-state index is -0.122. The fourth-order valence-electron chi connectivity index (χ4n) is 3.44. The third kappa shape index (κ3) is 6.67. The van der Waals surface area contributed by atoms with Crippen molar-refractivity contribution in [3.8, 4) is 0 Å². The number of anilines is 1. The summed E-state index contributed by atoms with van der Waals surface area (Å²) in [6.45, 7) is 4.53. The van der Waals surface area contributed by atoms with Crippen LogP contribution in [-0.2, 0) is 9.53 Å². The minimum Gasteiger partial charge on any atom is -0.385 e. The third-order valence-corrected chi connectivity index (χ3v) is 4.91. The highest BCUT2D eigenvalue weighted by molar-refractivity contribution is 5.94. The topological polar surface area (TPSA) is 74.8 Å². The van der Waals surface area contributed by atoms with Gasteiger partial charge in [0.05, 0.1) is 0 Å². The van der Waals surface area contributed by atoms with Gasteiger partial charge in [-0.05, 0) is 43.7 Å². The maximum atomic E-state index is 12.1. The molecule has 144 valence electrons. The molecule has 3 N–H and O–H groups in total. The van der Waals surface area contributed by atoms with Crippen molar-refractivity contribution in [2.45, 2.75) is 39.0 Å². The van der Waals surface area contributed by atoms with E-state index in [2.05, 4.69) is 20.9 Å². The molecule has 0 bridgehead atoms. The molecule has 0 atom stereocenters. The molecule has 1 aliphatic carbocycles. The van der Waals surface area contributed by atoms with Crippen molar-refractivity contribution in [1.82, 2.24) is 10.6 Å². The molecule has 1 aliphatic rings. The summed E-state index contributed by atoms with van der Waals surface area (Å²) >= 11 is 0. The Bertz CT molecular complexity index is 568. The molecule has 1 aromatic rings. The van der Waals surface area contributed by atoms with E-state index < -0.39 is 0 Å². The van der Waals surface area contributed by atoms with Crippen molar-refractivity contribution in [2.24, 2.45) is 10.4 Å². The first-order chi connectivity index (χ1) is 12.7. The van der Waals surface area contributed by atoms with Crippen LogP contribution in [0.5, 0.6) is 0 Å². The van der Waals surface area contributed by atoms with Gasteiger partial charge < -0.3 is 20.7 Å². The summed E-state index contributed by atoms with van der Waals surface area (Å²) in [4.78, 5) is 16.5. The highest BCUT2D eigenvalue weighted by Gasteiger charge is 2.33. The number of para-hydroxylation sites is 1. The van der Waals surface area contributed by atoms with Gasteiger partial charge in [-0.2, -0.15) is 0 Å². The molecule has 0 radical (unpaired) electrons. The molecule has 6 nitrogen and oxygen atoms in total. The lowest BCUT2D eigenvalue weighted by Gasteiger charge is -2.29. The van der Waals surface area contributed by atoms with Crippen LogP contribution >= 0.6 is 0 Å². The van der Waals surface area contributed by atoms with Gasteiger partial charge in [-0.15, -0.1) is 0 Å². The van der Waals surface area contributed by atoms with Crippen molar-refractivity contribution in [3.63, 3.8) is 0 Å². The summed E-state index contributed by atoms with van der Waals surface area (Å²) in [5.41, 5.74) is 1.06. The Morgan fingerprint density at radius 2 is 1.92 bits per heavy atom. The van der Waals surface area contributed by atoms with Gasteiger partial charge in [-0.3, -0.25) is 4.79 Å². The van der Waals surface area contributed by atoms with Crippen molar-refractivity contribution in [3.05, 3.63) is 30.3 Å². The lowest BCUT2D eigenvalue weighted by Crippen LogP contribution is -2.43. The van der Waals surface area contributed by atoms with Gasteiger partial charge >= 0.3 is 0 Å². The zero-order valence-corrected chi connectivity index (χ0v) is 16.0. The Hall–Kier alpha value is -2.08. The lowest BCUT2D eigenvalue weighted by atomic mass is 9.83.